The molecule has 1 aliphatic rings. The van der Waals surface area contributed by atoms with Crippen LogP contribution in [0.3, 0.4) is 0 Å². The van der Waals surface area contributed by atoms with Gasteiger partial charge in [0.15, 0.2) is 21.0 Å². The van der Waals surface area contributed by atoms with Crippen molar-refractivity contribution in [1.82, 2.24) is 19.5 Å². The van der Waals surface area contributed by atoms with E-state index in [1.807, 2.05) is 0 Å². The largest absolute Gasteiger partial charge is 0.479 e. The fourth-order valence-corrected chi connectivity index (χ4v) is 4.43. The van der Waals surface area contributed by atoms with E-state index in [9.17, 15) is 8.42 Å². The van der Waals surface area contributed by atoms with Gasteiger partial charge in [0.2, 0.25) is 5.88 Å². The van der Waals surface area contributed by atoms with Crippen molar-refractivity contribution in [2.75, 3.05) is 18.6 Å². The van der Waals surface area contributed by atoms with Gasteiger partial charge in [0.1, 0.15) is 12.2 Å². The minimum absolute atomic E-state index is 0.0919. The first kappa shape index (κ1) is 13.6. The molecule has 0 saturated carbocycles. The van der Waals surface area contributed by atoms with Crippen LogP contribution in [0.25, 0.3) is 11.2 Å². The van der Waals surface area contributed by atoms with Crippen LogP contribution in [0.1, 0.15) is 18.3 Å². The van der Waals surface area contributed by atoms with E-state index in [0.29, 0.717) is 29.3 Å². The number of hydrogen-bond acceptors (Lipinski definition) is 6. The zero-order chi connectivity index (χ0) is 14.3. The van der Waals surface area contributed by atoms with Crippen molar-refractivity contribution in [3.8, 4) is 5.88 Å². The van der Waals surface area contributed by atoms with Crippen LogP contribution in [0.15, 0.2) is 6.33 Å². The average Bonchev–Trinajstić information content (AvgIpc) is 2.97. The standard InChI is InChI=1S/C11H13ClN4O3S/c1-19-11-9-10(13-6-14-11)16(8(4-12)15-9)7-2-3-20(17,18)5-7/h6-7H,2-5H2,1H3. The zero-order valence-electron chi connectivity index (χ0n) is 10.8. The van der Waals surface area contributed by atoms with Crippen LogP contribution in [0.4, 0.5) is 0 Å². The molecule has 0 aromatic carbocycles. The molecule has 7 nitrogen and oxygen atoms in total. The summed E-state index contributed by atoms with van der Waals surface area (Å²) in [5.74, 6) is 1.40. The molecule has 3 heterocycles. The van der Waals surface area contributed by atoms with Gasteiger partial charge in [-0.25, -0.2) is 18.4 Å². The lowest BCUT2D eigenvalue weighted by Crippen LogP contribution is -2.14. The van der Waals surface area contributed by atoms with Crippen molar-refractivity contribution >= 4 is 32.6 Å². The number of alkyl halides is 1. The summed E-state index contributed by atoms with van der Waals surface area (Å²) >= 11 is 5.93. The number of aromatic nitrogens is 4. The average molecular weight is 317 g/mol. The van der Waals surface area contributed by atoms with Gasteiger partial charge in [0.25, 0.3) is 0 Å². The zero-order valence-corrected chi connectivity index (χ0v) is 12.4. The maximum absolute atomic E-state index is 11.7. The van der Waals surface area contributed by atoms with Gasteiger partial charge in [-0.15, -0.1) is 11.6 Å². The van der Waals surface area contributed by atoms with Gasteiger partial charge in [-0.1, -0.05) is 0 Å². The van der Waals surface area contributed by atoms with E-state index < -0.39 is 9.84 Å². The maximum atomic E-state index is 11.7. The highest BCUT2D eigenvalue weighted by molar-refractivity contribution is 7.91. The molecule has 3 rings (SSSR count). The molecule has 0 radical (unpaired) electrons. The summed E-state index contributed by atoms with van der Waals surface area (Å²) in [5, 5.41) is 0. The van der Waals surface area contributed by atoms with Crippen molar-refractivity contribution in [2.45, 2.75) is 18.3 Å². The molecule has 1 unspecified atom stereocenters. The molecule has 1 fully saturated rings. The van der Waals surface area contributed by atoms with Gasteiger partial charge in [-0.2, -0.15) is 4.98 Å². The van der Waals surface area contributed by atoms with E-state index in [4.69, 9.17) is 16.3 Å². The topological polar surface area (TPSA) is 87.0 Å². The molecule has 1 saturated heterocycles. The Morgan fingerprint density at radius 1 is 1.50 bits per heavy atom. The highest BCUT2D eigenvalue weighted by Crippen LogP contribution is 2.31. The SMILES string of the molecule is COc1ncnc2c1nc(CCl)n2C1CCS(=O)(=O)C1. The van der Waals surface area contributed by atoms with Gasteiger partial charge in [0.05, 0.1) is 30.5 Å². The normalized spacial score (nSPS) is 21.4. The molecule has 0 N–H and O–H groups in total. The van der Waals surface area contributed by atoms with Gasteiger partial charge in [-0.3, -0.25) is 0 Å². The number of fused-ring (bicyclic) bond motifs is 1. The monoisotopic (exact) mass is 316 g/mol. The van der Waals surface area contributed by atoms with Crippen molar-refractivity contribution < 1.29 is 13.2 Å². The van der Waals surface area contributed by atoms with Crippen LogP contribution < -0.4 is 4.74 Å². The number of halogens is 1. The maximum Gasteiger partial charge on any atom is 0.245 e. The fraction of sp³-hybridized carbons (Fsp3) is 0.545. The number of methoxy groups -OCH3 is 1. The Kier molecular flexibility index (Phi) is 3.29. The lowest BCUT2D eigenvalue weighted by Gasteiger charge is -2.13. The lowest BCUT2D eigenvalue weighted by atomic mass is 10.2. The van der Waals surface area contributed by atoms with Crippen molar-refractivity contribution in [1.29, 1.82) is 0 Å². The third-order valence-corrected chi connectivity index (χ3v) is 5.39. The predicted molar refractivity (Wildman–Crippen MR) is 73.7 cm³/mol. The van der Waals surface area contributed by atoms with Crippen molar-refractivity contribution in [2.24, 2.45) is 0 Å². The summed E-state index contributed by atoms with van der Waals surface area (Å²) in [4.78, 5) is 12.6. The number of hydrogen-bond donors (Lipinski definition) is 0. The van der Waals surface area contributed by atoms with Crippen LogP contribution in [0, 0.1) is 0 Å². The Bertz CT molecular complexity index is 758. The molecule has 2 aromatic heterocycles. The van der Waals surface area contributed by atoms with E-state index in [1.165, 1.54) is 13.4 Å². The summed E-state index contributed by atoms with van der Waals surface area (Å²) in [6, 6.07) is -0.182. The number of ether oxygens (including phenoxy) is 1. The van der Waals surface area contributed by atoms with E-state index in [-0.39, 0.29) is 23.4 Å². The summed E-state index contributed by atoms with van der Waals surface area (Å²) in [6.07, 6.45) is 1.92. The van der Waals surface area contributed by atoms with Crippen LogP contribution in [0.2, 0.25) is 0 Å². The first-order valence-corrected chi connectivity index (χ1v) is 8.43. The molecule has 1 atom stereocenters. The van der Waals surface area contributed by atoms with Crippen molar-refractivity contribution in [3.05, 3.63) is 12.2 Å². The summed E-state index contributed by atoms with van der Waals surface area (Å²) in [6.45, 7) is 0. The second-order valence-corrected chi connectivity index (χ2v) is 7.14. The highest BCUT2D eigenvalue weighted by Gasteiger charge is 2.32. The Hall–Kier alpha value is -1.41. The third kappa shape index (κ3) is 2.12. The minimum atomic E-state index is -3.00. The van der Waals surface area contributed by atoms with Crippen LogP contribution in [-0.2, 0) is 15.7 Å². The number of sulfone groups is 1. The Morgan fingerprint density at radius 3 is 2.90 bits per heavy atom. The predicted octanol–water partition coefficient (Wildman–Crippen LogP) is 0.933. The van der Waals surface area contributed by atoms with Crippen LogP contribution in [-0.4, -0.2) is 46.6 Å². The van der Waals surface area contributed by atoms with Crippen molar-refractivity contribution in [3.63, 3.8) is 0 Å². The number of nitrogens with zero attached hydrogens (tertiary/aromatic N) is 4. The molecule has 108 valence electrons. The highest BCUT2D eigenvalue weighted by atomic mass is 35.5. The number of imidazole rings is 1. The smallest absolute Gasteiger partial charge is 0.245 e. The summed E-state index contributed by atoms with van der Waals surface area (Å²) in [5.41, 5.74) is 1.07. The summed E-state index contributed by atoms with van der Waals surface area (Å²) < 4.78 is 30.3. The van der Waals surface area contributed by atoms with Gasteiger partial charge in [0, 0.05) is 0 Å². The second-order valence-electron chi connectivity index (χ2n) is 4.64. The molecule has 0 bridgehead atoms. The van der Waals surface area contributed by atoms with E-state index in [2.05, 4.69) is 15.0 Å². The third-order valence-electron chi connectivity index (χ3n) is 3.40. The molecule has 9 heteroatoms. The number of rotatable bonds is 3. The Labute approximate surface area is 120 Å². The lowest BCUT2D eigenvalue weighted by molar-refractivity contribution is 0.401. The minimum Gasteiger partial charge on any atom is -0.479 e. The van der Waals surface area contributed by atoms with E-state index in [0.717, 1.165) is 0 Å². The Morgan fingerprint density at radius 2 is 2.30 bits per heavy atom. The quantitative estimate of drug-likeness (QED) is 0.783. The molecule has 2 aromatic rings. The molecule has 20 heavy (non-hydrogen) atoms. The molecule has 0 amide bonds. The van der Waals surface area contributed by atoms with Crippen LogP contribution in [0.5, 0.6) is 5.88 Å². The fourth-order valence-electron chi connectivity index (χ4n) is 2.54. The second kappa shape index (κ2) is 4.85. The van der Waals surface area contributed by atoms with E-state index >= 15 is 0 Å². The summed E-state index contributed by atoms with van der Waals surface area (Å²) in [7, 11) is -1.50. The van der Waals surface area contributed by atoms with Gasteiger partial charge >= 0.3 is 0 Å². The van der Waals surface area contributed by atoms with Gasteiger partial charge < -0.3 is 9.30 Å². The molecular formula is C11H13ClN4O3S. The van der Waals surface area contributed by atoms with E-state index in [1.54, 1.807) is 4.57 Å². The molecule has 0 spiro atoms. The molecule has 1 aliphatic heterocycles. The van der Waals surface area contributed by atoms with Crippen LogP contribution >= 0.6 is 11.6 Å². The molecule has 0 aliphatic carbocycles. The first-order valence-electron chi connectivity index (χ1n) is 6.08. The van der Waals surface area contributed by atoms with Gasteiger partial charge in [-0.05, 0) is 6.42 Å². The first-order chi connectivity index (χ1) is 9.55. The molecular weight excluding hydrogens is 304 g/mol. The Balaban J connectivity index is 2.19.